The highest BCUT2D eigenvalue weighted by Gasteiger charge is 2.19. The molecule has 1 aromatic carbocycles. The predicted molar refractivity (Wildman–Crippen MR) is 89.1 cm³/mol. The Morgan fingerprint density at radius 3 is 2.68 bits per heavy atom. The van der Waals surface area contributed by atoms with E-state index in [9.17, 15) is 4.79 Å². The first kappa shape index (κ1) is 18.6. The Labute approximate surface area is 138 Å². The number of hydrogen-bond donors (Lipinski definition) is 2. The van der Waals surface area contributed by atoms with Crippen LogP contribution >= 0.6 is 12.4 Å². The van der Waals surface area contributed by atoms with E-state index >= 15 is 0 Å². The third kappa shape index (κ3) is 5.07. The summed E-state index contributed by atoms with van der Waals surface area (Å²) < 4.78 is 10.5. The van der Waals surface area contributed by atoms with Crippen LogP contribution in [-0.2, 0) is 11.2 Å². The van der Waals surface area contributed by atoms with E-state index in [1.165, 1.54) is 0 Å². The van der Waals surface area contributed by atoms with Crippen molar-refractivity contribution < 1.29 is 14.3 Å². The number of carbonyl (C=O) groups is 1. The molecule has 1 heterocycles. The Hall–Kier alpha value is -1.46. The predicted octanol–water partition coefficient (Wildman–Crippen LogP) is 1.93. The number of hydrogen-bond acceptors (Lipinski definition) is 4. The Bertz CT molecular complexity index is 476. The SMILES string of the molecule is COc1ccc(CCNC(=O)[C@H]2CCCCN2)cc1OC.Cl. The zero-order valence-corrected chi connectivity index (χ0v) is 14.0. The maximum absolute atomic E-state index is 12.0. The second kappa shape index (κ2) is 9.54. The van der Waals surface area contributed by atoms with Gasteiger partial charge in [0.05, 0.1) is 20.3 Å². The van der Waals surface area contributed by atoms with E-state index in [0.29, 0.717) is 6.54 Å². The number of amides is 1. The minimum Gasteiger partial charge on any atom is -0.493 e. The third-order valence-electron chi connectivity index (χ3n) is 3.79. The van der Waals surface area contributed by atoms with Crippen molar-refractivity contribution in [2.75, 3.05) is 27.3 Å². The molecular formula is C16H25ClN2O3. The summed E-state index contributed by atoms with van der Waals surface area (Å²) in [6.07, 6.45) is 4.00. The molecule has 0 aliphatic carbocycles. The summed E-state index contributed by atoms with van der Waals surface area (Å²) in [7, 11) is 3.24. The van der Waals surface area contributed by atoms with Gasteiger partial charge < -0.3 is 20.1 Å². The van der Waals surface area contributed by atoms with Crippen molar-refractivity contribution in [3.8, 4) is 11.5 Å². The van der Waals surface area contributed by atoms with E-state index in [-0.39, 0.29) is 24.4 Å². The second-order valence-electron chi connectivity index (χ2n) is 5.23. The van der Waals surface area contributed by atoms with E-state index in [1.54, 1.807) is 14.2 Å². The highest BCUT2D eigenvalue weighted by molar-refractivity contribution is 5.85. The number of nitrogens with one attached hydrogen (secondary N) is 2. The zero-order chi connectivity index (χ0) is 15.1. The molecule has 0 aromatic heterocycles. The van der Waals surface area contributed by atoms with Crippen LogP contribution in [0.25, 0.3) is 0 Å². The largest absolute Gasteiger partial charge is 0.493 e. The van der Waals surface area contributed by atoms with Gasteiger partial charge in [0.2, 0.25) is 5.91 Å². The first-order chi connectivity index (χ1) is 10.2. The van der Waals surface area contributed by atoms with Gasteiger partial charge in [0, 0.05) is 6.54 Å². The van der Waals surface area contributed by atoms with Crippen molar-refractivity contribution in [2.45, 2.75) is 31.7 Å². The molecule has 124 valence electrons. The van der Waals surface area contributed by atoms with Crippen molar-refractivity contribution in [3.05, 3.63) is 23.8 Å². The Morgan fingerprint density at radius 1 is 1.27 bits per heavy atom. The van der Waals surface area contributed by atoms with Gasteiger partial charge in [-0.1, -0.05) is 12.5 Å². The average Bonchev–Trinajstić information content (AvgIpc) is 2.55. The minimum atomic E-state index is -0.0239. The van der Waals surface area contributed by atoms with E-state index in [0.717, 1.165) is 49.3 Å². The lowest BCUT2D eigenvalue weighted by Crippen LogP contribution is -2.47. The van der Waals surface area contributed by atoms with Crippen molar-refractivity contribution in [2.24, 2.45) is 0 Å². The van der Waals surface area contributed by atoms with Crippen LogP contribution in [0.3, 0.4) is 0 Å². The van der Waals surface area contributed by atoms with Gasteiger partial charge in [0.25, 0.3) is 0 Å². The zero-order valence-electron chi connectivity index (χ0n) is 13.2. The first-order valence-corrected chi connectivity index (χ1v) is 7.46. The fraction of sp³-hybridized carbons (Fsp3) is 0.562. The molecule has 1 aliphatic rings. The molecule has 1 amide bonds. The minimum absolute atomic E-state index is 0. The normalized spacial score (nSPS) is 17.3. The fourth-order valence-electron chi connectivity index (χ4n) is 2.56. The van der Waals surface area contributed by atoms with Crippen LogP contribution in [0.1, 0.15) is 24.8 Å². The smallest absolute Gasteiger partial charge is 0.237 e. The summed E-state index contributed by atoms with van der Waals surface area (Å²) in [4.78, 5) is 12.0. The van der Waals surface area contributed by atoms with Gasteiger partial charge in [-0.3, -0.25) is 4.79 Å². The fourth-order valence-corrected chi connectivity index (χ4v) is 2.56. The van der Waals surface area contributed by atoms with Crippen LogP contribution in [-0.4, -0.2) is 39.3 Å². The second-order valence-corrected chi connectivity index (χ2v) is 5.23. The van der Waals surface area contributed by atoms with Crippen molar-refractivity contribution in [1.82, 2.24) is 10.6 Å². The van der Waals surface area contributed by atoms with Crippen molar-refractivity contribution >= 4 is 18.3 Å². The van der Waals surface area contributed by atoms with Gasteiger partial charge >= 0.3 is 0 Å². The molecule has 22 heavy (non-hydrogen) atoms. The Kier molecular flexibility index (Phi) is 8.06. The number of carbonyl (C=O) groups excluding carboxylic acids is 1. The lowest BCUT2D eigenvalue weighted by Gasteiger charge is -2.22. The van der Waals surface area contributed by atoms with E-state index in [1.807, 2.05) is 18.2 Å². The highest BCUT2D eigenvalue weighted by Crippen LogP contribution is 2.27. The molecule has 5 nitrogen and oxygen atoms in total. The molecule has 1 aromatic rings. The number of methoxy groups -OCH3 is 2. The maximum Gasteiger partial charge on any atom is 0.237 e. The van der Waals surface area contributed by atoms with Crippen LogP contribution < -0.4 is 20.1 Å². The molecule has 2 rings (SSSR count). The topological polar surface area (TPSA) is 59.6 Å². The number of rotatable bonds is 6. The van der Waals surface area contributed by atoms with Crippen LogP contribution in [0, 0.1) is 0 Å². The van der Waals surface area contributed by atoms with E-state index < -0.39 is 0 Å². The number of halogens is 1. The molecule has 0 bridgehead atoms. The number of piperidine rings is 1. The molecule has 0 spiro atoms. The van der Waals surface area contributed by atoms with Crippen LogP contribution in [0.2, 0.25) is 0 Å². The molecule has 6 heteroatoms. The quantitative estimate of drug-likeness (QED) is 0.837. The molecular weight excluding hydrogens is 304 g/mol. The lowest BCUT2D eigenvalue weighted by molar-refractivity contribution is -0.123. The maximum atomic E-state index is 12.0. The van der Waals surface area contributed by atoms with Gasteiger partial charge in [0.1, 0.15) is 0 Å². The first-order valence-electron chi connectivity index (χ1n) is 7.46. The summed E-state index contributed by atoms with van der Waals surface area (Å²) in [6.45, 7) is 1.57. The molecule has 0 saturated carbocycles. The standard InChI is InChI=1S/C16H24N2O3.ClH/c1-20-14-7-6-12(11-15(14)21-2)8-10-18-16(19)13-5-3-4-9-17-13;/h6-7,11,13,17H,3-5,8-10H2,1-2H3,(H,18,19);1H/t13-;/m1./s1. The monoisotopic (exact) mass is 328 g/mol. The molecule has 1 fully saturated rings. The van der Waals surface area contributed by atoms with Crippen LogP contribution in [0.5, 0.6) is 11.5 Å². The van der Waals surface area contributed by atoms with Crippen molar-refractivity contribution in [3.63, 3.8) is 0 Å². The van der Waals surface area contributed by atoms with Gasteiger partial charge in [-0.15, -0.1) is 12.4 Å². The molecule has 1 atom stereocenters. The van der Waals surface area contributed by atoms with E-state index in [4.69, 9.17) is 9.47 Å². The molecule has 0 radical (unpaired) electrons. The summed E-state index contributed by atoms with van der Waals surface area (Å²) >= 11 is 0. The van der Waals surface area contributed by atoms with Gasteiger partial charge in [0.15, 0.2) is 11.5 Å². The summed E-state index contributed by atoms with van der Waals surface area (Å²) in [5.74, 6) is 1.54. The van der Waals surface area contributed by atoms with E-state index in [2.05, 4.69) is 10.6 Å². The summed E-state index contributed by atoms with van der Waals surface area (Å²) in [6, 6.07) is 5.80. The third-order valence-corrected chi connectivity index (χ3v) is 3.79. The van der Waals surface area contributed by atoms with Gasteiger partial charge in [-0.25, -0.2) is 0 Å². The molecule has 1 aliphatic heterocycles. The van der Waals surface area contributed by atoms with Gasteiger partial charge in [-0.05, 0) is 43.5 Å². The van der Waals surface area contributed by atoms with Crippen molar-refractivity contribution in [1.29, 1.82) is 0 Å². The number of benzene rings is 1. The van der Waals surface area contributed by atoms with Crippen LogP contribution in [0.4, 0.5) is 0 Å². The lowest BCUT2D eigenvalue weighted by atomic mass is 10.0. The van der Waals surface area contributed by atoms with Crippen LogP contribution in [0.15, 0.2) is 18.2 Å². The molecule has 2 N–H and O–H groups in total. The highest BCUT2D eigenvalue weighted by atomic mass is 35.5. The average molecular weight is 329 g/mol. The summed E-state index contributed by atoms with van der Waals surface area (Å²) in [5, 5.41) is 6.25. The number of ether oxygens (including phenoxy) is 2. The molecule has 0 unspecified atom stereocenters. The Balaban J connectivity index is 0.00000242. The summed E-state index contributed by atoms with van der Waals surface area (Å²) in [5.41, 5.74) is 1.12. The van der Waals surface area contributed by atoms with Gasteiger partial charge in [-0.2, -0.15) is 0 Å². The Morgan fingerprint density at radius 2 is 2.05 bits per heavy atom. The molecule has 1 saturated heterocycles.